The molecule has 1 atom stereocenters. The Balaban J connectivity index is 4.32. The van der Waals surface area contributed by atoms with Crippen molar-refractivity contribution in [1.82, 2.24) is 0 Å². The SMILES string of the molecule is CC/C=C\C/C=C\C/C=C\C/C=C\C/C=C\CCCCCCCCCCCC(=O)OCC(COC(=O)CCCCCCC/C=C\CCCC)OC(=O)CCCCC/C=C\C/C=C\C/C=C\CC. The van der Waals surface area contributed by atoms with Crippen molar-refractivity contribution in [1.29, 1.82) is 0 Å². The molecule has 1 unspecified atom stereocenters. The molecule has 0 N–H and O–H groups in total. The van der Waals surface area contributed by atoms with Crippen molar-refractivity contribution in [3.05, 3.63) is 109 Å². The molecule has 0 bridgehead atoms. The van der Waals surface area contributed by atoms with Crippen molar-refractivity contribution in [2.24, 2.45) is 0 Å². The van der Waals surface area contributed by atoms with Gasteiger partial charge in [-0.25, -0.2) is 0 Å². The predicted octanol–water partition coefficient (Wildman–Crippen LogP) is 18.3. The van der Waals surface area contributed by atoms with Crippen molar-refractivity contribution >= 4 is 17.9 Å². The number of allylic oxidation sites excluding steroid dienone is 18. The second-order valence-electron chi connectivity index (χ2n) is 17.7. The highest BCUT2D eigenvalue weighted by atomic mass is 16.6. The van der Waals surface area contributed by atoms with Crippen LogP contribution in [0.5, 0.6) is 0 Å². The molecule has 0 rings (SSSR count). The monoisotopic (exact) mass is 929 g/mol. The van der Waals surface area contributed by atoms with E-state index in [0.29, 0.717) is 12.8 Å². The third-order valence-electron chi connectivity index (χ3n) is 11.2. The summed E-state index contributed by atoms with van der Waals surface area (Å²) in [5.41, 5.74) is 0. The van der Waals surface area contributed by atoms with Crippen molar-refractivity contribution in [2.75, 3.05) is 13.2 Å². The second-order valence-corrected chi connectivity index (χ2v) is 17.7. The molecule has 6 nitrogen and oxygen atoms in total. The van der Waals surface area contributed by atoms with Crippen LogP contribution in [0.3, 0.4) is 0 Å². The number of unbranched alkanes of at least 4 members (excludes halogenated alkanes) is 19. The fourth-order valence-electron chi connectivity index (χ4n) is 7.17. The van der Waals surface area contributed by atoms with Crippen LogP contribution >= 0.6 is 0 Å². The van der Waals surface area contributed by atoms with E-state index in [9.17, 15) is 14.4 Å². The molecule has 0 aliphatic heterocycles. The van der Waals surface area contributed by atoms with E-state index in [1.165, 1.54) is 64.2 Å². The highest BCUT2D eigenvalue weighted by Gasteiger charge is 2.19. The Morgan fingerprint density at radius 2 is 0.582 bits per heavy atom. The molecular formula is C61H100O6. The minimum absolute atomic E-state index is 0.0973. The van der Waals surface area contributed by atoms with E-state index in [1.807, 2.05) is 0 Å². The second kappa shape index (κ2) is 54.7. The van der Waals surface area contributed by atoms with Crippen molar-refractivity contribution in [3.63, 3.8) is 0 Å². The molecule has 6 heteroatoms. The van der Waals surface area contributed by atoms with Crippen LogP contribution in [0, 0.1) is 0 Å². The van der Waals surface area contributed by atoms with E-state index >= 15 is 0 Å². The number of esters is 3. The molecule has 0 aromatic rings. The zero-order valence-corrected chi connectivity index (χ0v) is 43.4. The summed E-state index contributed by atoms with van der Waals surface area (Å²) in [6.07, 6.45) is 73.7. The molecule has 380 valence electrons. The lowest BCUT2D eigenvalue weighted by atomic mass is 10.1. The van der Waals surface area contributed by atoms with Gasteiger partial charge in [0.15, 0.2) is 6.10 Å². The van der Waals surface area contributed by atoms with Crippen LogP contribution in [0.2, 0.25) is 0 Å². The van der Waals surface area contributed by atoms with Gasteiger partial charge in [0, 0.05) is 19.3 Å². The van der Waals surface area contributed by atoms with E-state index < -0.39 is 6.10 Å². The lowest BCUT2D eigenvalue weighted by Crippen LogP contribution is -2.30. The standard InChI is InChI=1S/C61H100O6/c1-4-7-10-13-16-19-22-24-25-26-27-28-29-30-31-32-33-34-35-37-39-42-45-48-51-54-60(63)66-57-58(56-65-59(62)53-50-47-44-41-38-21-18-15-12-9-6-3)67-61(64)55-52-49-46-43-40-36-23-20-17-14-11-8-5-2/h7-8,10-11,15-20,24-25,27-28,30-31,36,40,58H,4-6,9,12-14,21-23,26,29,32-35,37-39,41-57H2,1-3H3/b10-7-,11-8-,18-15-,19-16-,20-17-,25-24-,28-27-,31-30-,40-36-. The fraction of sp³-hybridized carbons (Fsp3) is 0.656. The first-order chi connectivity index (χ1) is 33.0. The van der Waals surface area contributed by atoms with Gasteiger partial charge < -0.3 is 14.2 Å². The Hall–Kier alpha value is -3.93. The van der Waals surface area contributed by atoms with Crippen LogP contribution < -0.4 is 0 Å². The topological polar surface area (TPSA) is 78.9 Å². The molecule has 0 aliphatic carbocycles. The van der Waals surface area contributed by atoms with Crippen molar-refractivity contribution < 1.29 is 28.6 Å². The molecule has 67 heavy (non-hydrogen) atoms. The number of carbonyl (C=O) groups excluding carboxylic acids is 3. The first-order valence-corrected chi connectivity index (χ1v) is 27.4. The molecule has 0 aromatic heterocycles. The number of ether oxygens (including phenoxy) is 3. The molecule has 0 aromatic carbocycles. The van der Waals surface area contributed by atoms with E-state index in [-0.39, 0.29) is 37.5 Å². The normalized spacial score (nSPS) is 12.9. The van der Waals surface area contributed by atoms with Crippen LogP contribution in [0.1, 0.15) is 239 Å². The van der Waals surface area contributed by atoms with Crippen LogP contribution in [-0.4, -0.2) is 37.2 Å². The minimum Gasteiger partial charge on any atom is -0.462 e. The Morgan fingerprint density at radius 1 is 0.313 bits per heavy atom. The summed E-state index contributed by atoms with van der Waals surface area (Å²) in [5, 5.41) is 0. The number of hydrogen-bond donors (Lipinski definition) is 0. The maximum absolute atomic E-state index is 12.8. The molecule has 0 fully saturated rings. The zero-order valence-electron chi connectivity index (χ0n) is 43.4. The van der Waals surface area contributed by atoms with Gasteiger partial charge in [-0.05, 0) is 116 Å². The first-order valence-electron chi connectivity index (χ1n) is 27.4. The van der Waals surface area contributed by atoms with Gasteiger partial charge in [0.05, 0.1) is 0 Å². The van der Waals surface area contributed by atoms with Gasteiger partial charge >= 0.3 is 17.9 Å². The van der Waals surface area contributed by atoms with Crippen LogP contribution in [0.15, 0.2) is 109 Å². The third-order valence-corrected chi connectivity index (χ3v) is 11.2. The van der Waals surface area contributed by atoms with Crippen LogP contribution in [-0.2, 0) is 28.6 Å². The molecule has 0 spiro atoms. The Morgan fingerprint density at radius 3 is 0.940 bits per heavy atom. The summed E-state index contributed by atoms with van der Waals surface area (Å²) < 4.78 is 16.8. The summed E-state index contributed by atoms with van der Waals surface area (Å²) in [7, 11) is 0. The molecule has 0 amide bonds. The summed E-state index contributed by atoms with van der Waals surface area (Å²) in [4.78, 5) is 38.0. The lowest BCUT2D eigenvalue weighted by Gasteiger charge is -2.18. The van der Waals surface area contributed by atoms with Crippen molar-refractivity contribution in [3.8, 4) is 0 Å². The fourth-order valence-corrected chi connectivity index (χ4v) is 7.17. The Bertz CT molecular complexity index is 1390. The van der Waals surface area contributed by atoms with Crippen LogP contribution in [0.4, 0.5) is 0 Å². The average molecular weight is 929 g/mol. The number of hydrogen-bond acceptors (Lipinski definition) is 6. The van der Waals surface area contributed by atoms with Crippen LogP contribution in [0.25, 0.3) is 0 Å². The van der Waals surface area contributed by atoms with E-state index in [1.54, 1.807) is 0 Å². The van der Waals surface area contributed by atoms with E-state index in [0.717, 1.165) is 135 Å². The van der Waals surface area contributed by atoms with E-state index in [2.05, 4.69) is 130 Å². The van der Waals surface area contributed by atoms with Gasteiger partial charge in [-0.15, -0.1) is 0 Å². The molecule has 0 heterocycles. The van der Waals surface area contributed by atoms with Gasteiger partial charge in [0.2, 0.25) is 0 Å². The summed E-state index contributed by atoms with van der Waals surface area (Å²) in [6, 6.07) is 0. The molecule has 0 radical (unpaired) electrons. The molecule has 0 aliphatic rings. The Kier molecular flexibility index (Phi) is 51.5. The summed E-state index contributed by atoms with van der Waals surface area (Å²) >= 11 is 0. The zero-order chi connectivity index (χ0) is 48.6. The van der Waals surface area contributed by atoms with Gasteiger partial charge in [0.1, 0.15) is 13.2 Å². The molecular weight excluding hydrogens is 829 g/mol. The Labute approximate surface area is 412 Å². The molecule has 0 saturated heterocycles. The molecule has 0 saturated carbocycles. The number of rotatable bonds is 48. The predicted molar refractivity (Wildman–Crippen MR) is 288 cm³/mol. The van der Waals surface area contributed by atoms with E-state index in [4.69, 9.17) is 14.2 Å². The maximum Gasteiger partial charge on any atom is 0.306 e. The number of carbonyl (C=O) groups is 3. The quantitative estimate of drug-likeness (QED) is 0.0262. The van der Waals surface area contributed by atoms with Gasteiger partial charge in [-0.3, -0.25) is 14.4 Å². The van der Waals surface area contributed by atoms with Gasteiger partial charge in [0.25, 0.3) is 0 Å². The third kappa shape index (κ3) is 52.9. The summed E-state index contributed by atoms with van der Waals surface area (Å²) in [6.45, 7) is 6.32. The minimum atomic E-state index is -0.800. The van der Waals surface area contributed by atoms with Crippen molar-refractivity contribution in [2.45, 2.75) is 245 Å². The smallest absolute Gasteiger partial charge is 0.306 e. The van der Waals surface area contributed by atoms with Gasteiger partial charge in [-0.1, -0.05) is 214 Å². The average Bonchev–Trinajstić information content (AvgIpc) is 3.33. The largest absolute Gasteiger partial charge is 0.462 e. The lowest BCUT2D eigenvalue weighted by molar-refractivity contribution is -0.167. The highest BCUT2D eigenvalue weighted by Crippen LogP contribution is 2.14. The first kappa shape index (κ1) is 63.1. The van der Waals surface area contributed by atoms with Gasteiger partial charge in [-0.2, -0.15) is 0 Å². The maximum atomic E-state index is 12.8. The highest BCUT2D eigenvalue weighted by molar-refractivity contribution is 5.71. The summed E-state index contributed by atoms with van der Waals surface area (Å²) in [5.74, 6) is -0.946.